The van der Waals surface area contributed by atoms with Crippen molar-refractivity contribution in [2.75, 3.05) is 26.1 Å². The van der Waals surface area contributed by atoms with Crippen LogP contribution in [0.4, 0.5) is 0 Å². The normalized spacial score (nSPS) is 25.4. The maximum absolute atomic E-state index is 13.2. The highest BCUT2D eigenvalue weighted by atomic mass is 32.2. The first-order chi connectivity index (χ1) is 15.3. The number of hydrogen-bond donors (Lipinski definition) is 2. The van der Waals surface area contributed by atoms with E-state index < -0.39 is 28.8 Å². The lowest BCUT2D eigenvalue weighted by atomic mass is 9.83. The molecule has 3 rings (SSSR count). The van der Waals surface area contributed by atoms with E-state index in [4.69, 9.17) is 14.2 Å². The quantitative estimate of drug-likeness (QED) is 0.450. The number of ether oxygens (including phenoxy) is 3. The van der Waals surface area contributed by atoms with Crippen LogP contribution in [0.1, 0.15) is 38.5 Å². The Labute approximate surface area is 195 Å². The van der Waals surface area contributed by atoms with Crippen LogP contribution in [0.3, 0.4) is 0 Å². The Morgan fingerprint density at radius 1 is 1.16 bits per heavy atom. The molecule has 32 heavy (non-hydrogen) atoms. The fourth-order valence-corrected chi connectivity index (χ4v) is 6.08. The molecule has 1 fully saturated rings. The summed E-state index contributed by atoms with van der Waals surface area (Å²) >= 11 is 2.93. The average molecular weight is 481 g/mol. The average Bonchev–Trinajstić information content (AvgIpc) is 3.43. The largest absolute Gasteiger partial charge is 0.468 e. The number of dihydropyridines is 1. The van der Waals surface area contributed by atoms with Gasteiger partial charge in [-0.3, -0.25) is 10.1 Å². The van der Waals surface area contributed by atoms with Gasteiger partial charge in [0, 0.05) is 16.3 Å². The van der Waals surface area contributed by atoms with E-state index in [2.05, 4.69) is 10.6 Å². The van der Waals surface area contributed by atoms with Crippen LogP contribution in [0.2, 0.25) is 0 Å². The molecule has 2 aliphatic rings. The maximum Gasteiger partial charge on any atom is 0.336 e. The minimum absolute atomic E-state index is 0.190. The summed E-state index contributed by atoms with van der Waals surface area (Å²) in [6.07, 6.45) is 0. The molecule has 0 spiro atoms. The predicted molar refractivity (Wildman–Crippen MR) is 123 cm³/mol. The molecule has 3 heterocycles. The van der Waals surface area contributed by atoms with Crippen molar-refractivity contribution in [2.45, 2.75) is 44.5 Å². The third-order valence-corrected chi connectivity index (χ3v) is 7.67. The smallest absolute Gasteiger partial charge is 0.336 e. The third kappa shape index (κ3) is 4.57. The molecule has 0 unspecified atom stereocenters. The zero-order chi connectivity index (χ0) is 23.5. The summed E-state index contributed by atoms with van der Waals surface area (Å²) in [4.78, 5) is 39.3. The van der Waals surface area contributed by atoms with Gasteiger partial charge in [0.05, 0.1) is 48.5 Å². The molecule has 3 atom stereocenters. The van der Waals surface area contributed by atoms with Gasteiger partial charge in [-0.1, -0.05) is 6.07 Å². The van der Waals surface area contributed by atoms with Gasteiger partial charge in [-0.15, -0.1) is 23.1 Å². The second-order valence-electron chi connectivity index (χ2n) is 7.54. The number of nitrogens with one attached hydrogen (secondary N) is 2. The molecule has 2 N–H and O–H groups in total. The molecule has 1 aromatic rings. The topological polar surface area (TPSA) is 103 Å². The number of allylic oxidation sites excluding steroid dienone is 1. The van der Waals surface area contributed by atoms with Gasteiger partial charge in [0.1, 0.15) is 5.54 Å². The van der Waals surface area contributed by atoms with E-state index in [1.165, 1.54) is 30.2 Å². The molecular formula is C22H28N2O6S2. The highest BCUT2D eigenvalue weighted by molar-refractivity contribution is 8.00. The van der Waals surface area contributed by atoms with Crippen LogP contribution in [0.25, 0.3) is 0 Å². The van der Waals surface area contributed by atoms with Gasteiger partial charge >= 0.3 is 17.9 Å². The van der Waals surface area contributed by atoms with Crippen LogP contribution in [0.15, 0.2) is 40.1 Å². The SMILES string of the molecule is CCOC(=O)C1=C(C)NC([C@@H]2N[C@](C)(C(=O)OC)CS2)=C(C(=O)OCC)[C@@H]1c1cccs1. The predicted octanol–water partition coefficient (Wildman–Crippen LogP) is 2.68. The molecule has 2 aliphatic heterocycles. The summed E-state index contributed by atoms with van der Waals surface area (Å²) in [6, 6.07) is 3.76. The standard InChI is InChI=1S/C22H28N2O6S2/c1-6-29-19(25)14-12(3)23-17(18-24-22(4,11-32-18)21(27)28-5)16(20(26)30-7-2)15(14)13-9-8-10-31-13/h8-10,15,18,23-24H,6-7,11H2,1-5H3/t15-,18-,22+/m1/s1. The van der Waals surface area contributed by atoms with Crippen molar-refractivity contribution in [1.29, 1.82) is 0 Å². The lowest BCUT2D eigenvalue weighted by molar-refractivity contribution is -0.146. The van der Waals surface area contributed by atoms with Crippen molar-refractivity contribution in [1.82, 2.24) is 10.6 Å². The van der Waals surface area contributed by atoms with E-state index in [9.17, 15) is 14.4 Å². The molecule has 1 aromatic heterocycles. The summed E-state index contributed by atoms with van der Waals surface area (Å²) in [5.74, 6) is -1.56. The third-order valence-electron chi connectivity index (χ3n) is 5.30. The van der Waals surface area contributed by atoms with Gasteiger partial charge in [0.25, 0.3) is 0 Å². The minimum atomic E-state index is -0.907. The number of hydrogen-bond acceptors (Lipinski definition) is 10. The lowest BCUT2D eigenvalue weighted by Crippen LogP contribution is -2.51. The van der Waals surface area contributed by atoms with Crippen molar-refractivity contribution < 1.29 is 28.6 Å². The molecule has 0 amide bonds. The summed E-state index contributed by atoms with van der Waals surface area (Å²) in [6.45, 7) is 7.44. The van der Waals surface area contributed by atoms with Crippen molar-refractivity contribution in [3.05, 3.63) is 44.9 Å². The summed E-state index contributed by atoms with van der Waals surface area (Å²) in [7, 11) is 1.35. The Kier molecular flexibility index (Phi) is 7.68. The van der Waals surface area contributed by atoms with Crippen LogP contribution in [-0.4, -0.2) is 54.9 Å². The number of thioether (sulfide) groups is 1. The van der Waals surface area contributed by atoms with Gasteiger partial charge in [0.15, 0.2) is 0 Å². The molecule has 0 aliphatic carbocycles. The minimum Gasteiger partial charge on any atom is -0.468 e. The molecule has 0 radical (unpaired) electrons. The molecular weight excluding hydrogens is 452 g/mol. The van der Waals surface area contributed by atoms with Crippen LogP contribution >= 0.6 is 23.1 Å². The number of methoxy groups -OCH3 is 1. The maximum atomic E-state index is 13.2. The molecule has 10 heteroatoms. The van der Waals surface area contributed by atoms with Crippen molar-refractivity contribution in [3.63, 3.8) is 0 Å². The second-order valence-corrected chi connectivity index (χ2v) is 9.61. The first-order valence-electron chi connectivity index (χ1n) is 10.3. The molecule has 0 saturated carbocycles. The highest BCUT2D eigenvalue weighted by Gasteiger charge is 2.47. The van der Waals surface area contributed by atoms with E-state index in [0.717, 1.165) is 4.88 Å². The first-order valence-corrected chi connectivity index (χ1v) is 12.3. The summed E-state index contributed by atoms with van der Waals surface area (Å²) in [5.41, 5.74) is 0.974. The van der Waals surface area contributed by atoms with Crippen molar-refractivity contribution in [2.24, 2.45) is 0 Å². The zero-order valence-corrected chi connectivity index (χ0v) is 20.4. The van der Waals surface area contributed by atoms with E-state index in [1.807, 2.05) is 17.5 Å². The lowest BCUT2D eigenvalue weighted by Gasteiger charge is -2.33. The van der Waals surface area contributed by atoms with Crippen LogP contribution < -0.4 is 10.6 Å². The zero-order valence-electron chi connectivity index (χ0n) is 18.8. The van der Waals surface area contributed by atoms with Crippen LogP contribution in [0.5, 0.6) is 0 Å². The van der Waals surface area contributed by atoms with Crippen molar-refractivity contribution in [3.8, 4) is 0 Å². The number of carbonyl (C=O) groups is 3. The Bertz CT molecular complexity index is 956. The van der Waals surface area contributed by atoms with Gasteiger partial charge in [0.2, 0.25) is 0 Å². The highest BCUT2D eigenvalue weighted by Crippen LogP contribution is 2.44. The Morgan fingerprint density at radius 3 is 2.38 bits per heavy atom. The van der Waals surface area contributed by atoms with E-state index >= 15 is 0 Å². The Balaban J connectivity index is 2.14. The van der Waals surface area contributed by atoms with E-state index in [1.54, 1.807) is 27.7 Å². The number of carbonyl (C=O) groups excluding carboxylic acids is 3. The fraction of sp³-hybridized carbons (Fsp3) is 0.500. The Hall–Kier alpha value is -2.30. The number of thiophene rings is 1. The van der Waals surface area contributed by atoms with Crippen molar-refractivity contribution >= 4 is 41.0 Å². The Morgan fingerprint density at radius 2 is 1.81 bits per heavy atom. The van der Waals surface area contributed by atoms with E-state index in [-0.39, 0.29) is 19.2 Å². The van der Waals surface area contributed by atoms with Crippen LogP contribution in [0, 0.1) is 0 Å². The molecule has 0 aromatic carbocycles. The monoisotopic (exact) mass is 480 g/mol. The number of rotatable bonds is 7. The van der Waals surface area contributed by atoms with Gasteiger partial charge in [-0.25, -0.2) is 9.59 Å². The summed E-state index contributed by atoms with van der Waals surface area (Å²) in [5, 5.41) is 8.04. The van der Waals surface area contributed by atoms with Gasteiger partial charge < -0.3 is 19.5 Å². The van der Waals surface area contributed by atoms with E-state index in [0.29, 0.717) is 28.3 Å². The summed E-state index contributed by atoms with van der Waals surface area (Å²) < 4.78 is 15.7. The van der Waals surface area contributed by atoms with Gasteiger partial charge in [-0.2, -0.15) is 0 Å². The molecule has 8 nitrogen and oxygen atoms in total. The molecule has 1 saturated heterocycles. The van der Waals surface area contributed by atoms with Gasteiger partial charge in [-0.05, 0) is 39.1 Å². The molecule has 0 bridgehead atoms. The van der Waals surface area contributed by atoms with Crippen LogP contribution in [-0.2, 0) is 28.6 Å². The molecule has 174 valence electrons. The second kappa shape index (κ2) is 10.1. The fourth-order valence-electron chi connectivity index (χ4n) is 3.84. The number of esters is 3. The first kappa shape index (κ1) is 24.3.